The second kappa shape index (κ2) is 31.1. The normalized spacial score (nSPS) is 16.9. The van der Waals surface area contributed by atoms with Crippen LogP contribution in [0.15, 0.2) is 60.7 Å². The molecule has 0 bridgehead atoms. The summed E-state index contributed by atoms with van der Waals surface area (Å²) < 4.78 is 60.0. The number of Topliss-reactive ketones (excluding diaryl/α,β-unsaturated/α-hetero) is 5. The Labute approximate surface area is 469 Å². The van der Waals surface area contributed by atoms with Gasteiger partial charge >= 0.3 is 17.8 Å². The van der Waals surface area contributed by atoms with Crippen LogP contribution in [0.25, 0.3) is 0 Å². The van der Waals surface area contributed by atoms with Gasteiger partial charge in [0, 0.05) is 32.4 Å². The van der Waals surface area contributed by atoms with Crippen LogP contribution < -0.4 is 21.3 Å². The predicted molar refractivity (Wildman–Crippen MR) is 288 cm³/mol. The molecule has 2 heterocycles. The first kappa shape index (κ1) is 68.1. The Balaban J connectivity index is 0.000000425. The standard InChI is InChI=1S/C30H41F2N3O6.C28H37F2N3O7/c1-6-21(36)17-24(38)33-26(19(4)5)29(41)35-16-10-13-22(35)28(40)34-25(18(2)3)27(39)30(31,32)23(37)15-14-20-11-8-7-9-12-20;1-16(2)23(25(38)28(29,30)20(34)13-12-18-9-6-5-7-10-18)32-26(39)19-11-8-14-33(19)27(40)24(17(3)4)31-21(35)15-22(36)37/h7-9,11-12,18-19,22,25-26H,6,10,13-17H2,1-5H3,(H,33,38)(H,34,40);5-7,9-10,16-17,19,23-24H,8,11-15H2,1-4H3,(H,31,35)(H,32,39)(H,36,37)/t22?,25-,26-;19?,23-,24-/m00/s1. The first-order chi connectivity index (χ1) is 37.9. The van der Waals surface area contributed by atoms with Crippen molar-refractivity contribution in [2.45, 2.75) is 181 Å². The van der Waals surface area contributed by atoms with Crippen molar-refractivity contribution in [2.24, 2.45) is 23.7 Å². The second-order valence-electron chi connectivity index (χ2n) is 21.8. The Morgan fingerprint density at radius 2 is 0.852 bits per heavy atom. The molecule has 2 aromatic carbocycles. The number of aryl methyl sites for hydroxylation is 2. The number of nitrogens with one attached hydrogen (secondary N) is 4. The van der Waals surface area contributed by atoms with Crippen molar-refractivity contribution < 1.29 is 80.2 Å². The fraction of sp³-hybridized carbons (Fsp3) is 0.586. The third-order valence-corrected chi connectivity index (χ3v) is 14.0. The van der Waals surface area contributed by atoms with Gasteiger partial charge < -0.3 is 36.2 Å². The Morgan fingerprint density at radius 1 is 0.519 bits per heavy atom. The Morgan fingerprint density at radius 3 is 1.16 bits per heavy atom. The lowest BCUT2D eigenvalue weighted by molar-refractivity contribution is -0.160. The third kappa shape index (κ3) is 19.5. The summed E-state index contributed by atoms with van der Waals surface area (Å²) in [4.78, 5) is 153. The van der Waals surface area contributed by atoms with Gasteiger partial charge in [-0.05, 0) is 73.3 Å². The number of rotatable bonds is 29. The minimum absolute atomic E-state index is 0.0282. The van der Waals surface area contributed by atoms with E-state index >= 15 is 8.78 Å². The number of hydrogen-bond acceptors (Lipinski definition) is 12. The molecule has 4 rings (SSSR count). The molecule has 0 aliphatic carbocycles. The molecule has 6 atom stereocenters. The summed E-state index contributed by atoms with van der Waals surface area (Å²) in [5.41, 5.74) is 1.34. The second-order valence-corrected chi connectivity index (χ2v) is 21.8. The Hall–Kier alpha value is -7.20. The van der Waals surface area contributed by atoms with Crippen LogP contribution in [-0.2, 0) is 70.4 Å². The van der Waals surface area contributed by atoms with Crippen molar-refractivity contribution in [3.63, 3.8) is 0 Å². The molecule has 2 aliphatic heterocycles. The highest BCUT2D eigenvalue weighted by Gasteiger charge is 2.52. The van der Waals surface area contributed by atoms with Gasteiger partial charge in [-0.15, -0.1) is 0 Å². The van der Waals surface area contributed by atoms with E-state index in [4.69, 9.17) is 5.11 Å². The molecule has 0 saturated carbocycles. The molecular formula is C58H78F4N6O13. The number of carboxylic acid groups (broad SMARTS) is 1. The van der Waals surface area contributed by atoms with Crippen molar-refractivity contribution in [3.8, 4) is 0 Å². The SMILES string of the molecule is CC(C)[C@H](NC(=O)CC(=O)O)C(=O)N1CCCC1C(=O)N[C@H](C(=O)C(F)(F)C(=O)CCc1ccccc1)C(C)C.CCC(=O)CC(=O)N[C@H](C(=O)N1CCCC1C(=O)N[C@H](C(=O)C(F)(F)C(=O)CCc1ccccc1)C(C)C)C(C)C. The molecule has 2 aliphatic rings. The Bertz CT molecular complexity index is 2580. The van der Waals surface area contributed by atoms with E-state index in [1.165, 1.54) is 37.5 Å². The summed E-state index contributed by atoms with van der Waals surface area (Å²) in [6.07, 6.45) is -0.777. The van der Waals surface area contributed by atoms with Crippen molar-refractivity contribution in [1.82, 2.24) is 31.1 Å². The van der Waals surface area contributed by atoms with Crippen molar-refractivity contribution in [1.29, 1.82) is 0 Å². The lowest BCUT2D eigenvalue weighted by Crippen LogP contribution is -2.59. The highest BCUT2D eigenvalue weighted by Crippen LogP contribution is 2.28. The molecule has 446 valence electrons. The summed E-state index contributed by atoms with van der Waals surface area (Å²) in [6.45, 7) is 14.5. The van der Waals surface area contributed by atoms with E-state index in [1.807, 2.05) is 0 Å². The third-order valence-electron chi connectivity index (χ3n) is 14.0. The number of carbonyl (C=O) groups is 12. The monoisotopic (exact) mass is 1140 g/mol. The van der Waals surface area contributed by atoms with Crippen molar-refractivity contribution in [2.75, 3.05) is 13.1 Å². The van der Waals surface area contributed by atoms with Gasteiger partial charge in [-0.1, -0.05) is 123 Å². The number of carboxylic acids is 1. The molecule has 0 spiro atoms. The van der Waals surface area contributed by atoms with Gasteiger partial charge in [0.2, 0.25) is 58.6 Å². The van der Waals surface area contributed by atoms with Crippen LogP contribution in [0.3, 0.4) is 0 Å². The maximum absolute atomic E-state index is 15.0. The average molecular weight is 1140 g/mol. The zero-order valence-electron chi connectivity index (χ0n) is 47.5. The van der Waals surface area contributed by atoms with E-state index in [2.05, 4.69) is 21.3 Å². The highest BCUT2D eigenvalue weighted by atomic mass is 19.3. The van der Waals surface area contributed by atoms with Gasteiger partial charge in [0.15, 0.2) is 0 Å². The number of likely N-dealkylation sites (tertiary alicyclic amines) is 2. The molecular weight excluding hydrogens is 1060 g/mol. The van der Waals surface area contributed by atoms with Gasteiger partial charge in [-0.3, -0.25) is 57.5 Å². The van der Waals surface area contributed by atoms with E-state index < -0.39 is 150 Å². The molecule has 2 saturated heterocycles. The molecule has 2 unspecified atom stereocenters. The van der Waals surface area contributed by atoms with Crippen LogP contribution in [0.1, 0.15) is 131 Å². The van der Waals surface area contributed by atoms with Crippen LogP contribution in [0.4, 0.5) is 17.6 Å². The number of aliphatic carboxylic acids is 1. The lowest BCUT2D eigenvalue weighted by Gasteiger charge is -2.32. The zero-order chi connectivity index (χ0) is 61.1. The molecule has 0 aromatic heterocycles. The fourth-order valence-electron chi connectivity index (χ4n) is 9.23. The van der Waals surface area contributed by atoms with Crippen LogP contribution in [0.2, 0.25) is 0 Å². The quantitative estimate of drug-likeness (QED) is 0.0520. The zero-order valence-corrected chi connectivity index (χ0v) is 47.5. The van der Waals surface area contributed by atoms with Crippen LogP contribution >= 0.6 is 0 Å². The van der Waals surface area contributed by atoms with E-state index in [9.17, 15) is 66.3 Å². The number of nitrogens with zero attached hydrogens (tertiary/aromatic N) is 2. The van der Waals surface area contributed by atoms with Gasteiger partial charge in [0.1, 0.15) is 36.4 Å². The van der Waals surface area contributed by atoms with Crippen molar-refractivity contribution in [3.05, 3.63) is 71.8 Å². The number of amides is 6. The van der Waals surface area contributed by atoms with Gasteiger partial charge in [-0.2, -0.15) is 17.6 Å². The van der Waals surface area contributed by atoms with Crippen molar-refractivity contribution >= 4 is 70.3 Å². The van der Waals surface area contributed by atoms with Crippen LogP contribution in [0, 0.1) is 23.7 Å². The van der Waals surface area contributed by atoms with E-state index in [0.29, 0.717) is 24.0 Å². The summed E-state index contributed by atoms with van der Waals surface area (Å²) in [6, 6.07) is 9.50. The van der Waals surface area contributed by atoms with Crippen LogP contribution in [0.5, 0.6) is 0 Å². The largest absolute Gasteiger partial charge is 0.481 e. The molecule has 5 N–H and O–H groups in total. The molecule has 81 heavy (non-hydrogen) atoms. The van der Waals surface area contributed by atoms with E-state index in [1.54, 1.807) is 95.3 Å². The fourth-order valence-corrected chi connectivity index (χ4v) is 9.23. The lowest BCUT2D eigenvalue weighted by atomic mass is 9.91. The number of ketones is 5. The maximum Gasteiger partial charge on any atom is 0.364 e. The maximum atomic E-state index is 15.0. The summed E-state index contributed by atoms with van der Waals surface area (Å²) in [5.74, 6) is -23.4. The number of benzene rings is 2. The first-order valence-electron chi connectivity index (χ1n) is 27.4. The summed E-state index contributed by atoms with van der Waals surface area (Å²) in [5, 5.41) is 18.5. The number of hydrogen-bond donors (Lipinski definition) is 5. The topological polar surface area (TPSA) is 280 Å². The van der Waals surface area contributed by atoms with Gasteiger partial charge in [-0.25, -0.2) is 0 Å². The minimum atomic E-state index is -4.32. The van der Waals surface area contributed by atoms with Gasteiger partial charge in [0.05, 0.1) is 18.5 Å². The number of carbonyl (C=O) groups excluding carboxylic acids is 11. The van der Waals surface area contributed by atoms with Crippen LogP contribution in [-0.4, -0.2) is 146 Å². The predicted octanol–water partition coefficient (Wildman–Crippen LogP) is 5.17. The van der Waals surface area contributed by atoms with Gasteiger partial charge in [0.25, 0.3) is 0 Å². The molecule has 19 nitrogen and oxygen atoms in total. The van der Waals surface area contributed by atoms with E-state index in [-0.39, 0.29) is 63.3 Å². The minimum Gasteiger partial charge on any atom is -0.481 e. The molecule has 0 radical (unpaired) electrons. The summed E-state index contributed by atoms with van der Waals surface area (Å²) >= 11 is 0. The average Bonchev–Trinajstić information content (AvgIpc) is 4.23. The number of halogens is 4. The number of alkyl halides is 4. The Kier molecular flexibility index (Phi) is 26.2. The molecule has 2 fully saturated rings. The smallest absolute Gasteiger partial charge is 0.364 e. The highest BCUT2D eigenvalue weighted by molar-refractivity contribution is 6.12. The van der Waals surface area contributed by atoms with E-state index in [0.717, 1.165) is 0 Å². The molecule has 6 amide bonds. The molecule has 2 aromatic rings. The first-order valence-corrected chi connectivity index (χ1v) is 27.4. The summed E-state index contributed by atoms with van der Waals surface area (Å²) in [7, 11) is 0. The molecule has 23 heteroatoms.